The van der Waals surface area contributed by atoms with Crippen molar-refractivity contribution in [1.29, 1.82) is 0 Å². The fourth-order valence-corrected chi connectivity index (χ4v) is 1.93. The molecule has 2 aromatic heterocycles. The predicted molar refractivity (Wildman–Crippen MR) is 75.2 cm³/mol. The van der Waals surface area contributed by atoms with Crippen LogP contribution in [0, 0.1) is 0 Å². The molecule has 0 fully saturated rings. The zero-order chi connectivity index (χ0) is 13.7. The van der Waals surface area contributed by atoms with Crippen molar-refractivity contribution in [2.45, 2.75) is 6.42 Å². The molecule has 0 unspecified atom stereocenters. The van der Waals surface area contributed by atoms with Gasteiger partial charge in [-0.1, -0.05) is 0 Å². The Labute approximate surface area is 112 Å². The molecule has 5 nitrogen and oxygen atoms in total. The third kappa shape index (κ3) is 3.13. The van der Waals surface area contributed by atoms with Crippen molar-refractivity contribution in [1.82, 2.24) is 14.9 Å². The van der Waals surface area contributed by atoms with E-state index in [1.807, 2.05) is 19.3 Å². The highest BCUT2D eigenvalue weighted by Gasteiger charge is 2.09. The molecule has 19 heavy (non-hydrogen) atoms. The van der Waals surface area contributed by atoms with Gasteiger partial charge in [0.15, 0.2) is 0 Å². The average Bonchev–Trinajstić information content (AvgIpc) is 2.84. The lowest BCUT2D eigenvalue weighted by Crippen LogP contribution is -2.21. The number of hydrogen-bond acceptors (Lipinski definition) is 3. The molecule has 0 aliphatic carbocycles. The first kappa shape index (κ1) is 13.1. The summed E-state index contributed by atoms with van der Waals surface area (Å²) in [6.07, 6.45) is 4.58. The minimum Gasteiger partial charge on any atom is -0.369 e. The van der Waals surface area contributed by atoms with E-state index in [4.69, 9.17) is 0 Å². The summed E-state index contributed by atoms with van der Waals surface area (Å²) in [4.78, 5) is 15.9. The molecule has 2 rings (SSSR count). The van der Waals surface area contributed by atoms with Gasteiger partial charge in [0.05, 0.1) is 5.56 Å². The Morgan fingerprint density at radius 2 is 2.21 bits per heavy atom. The molecule has 0 saturated heterocycles. The maximum absolute atomic E-state index is 11.7. The van der Waals surface area contributed by atoms with Crippen LogP contribution in [0.5, 0.6) is 0 Å². The number of nitrogens with zero attached hydrogens (tertiary/aromatic N) is 2. The first-order valence-electron chi connectivity index (χ1n) is 6.23. The van der Waals surface area contributed by atoms with E-state index in [0.29, 0.717) is 11.4 Å². The quantitative estimate of drug-likeness (QED) is 0.853. The Balaban J connectivity index is 2.00. The van der Waals surface area contributed by atoms with Crippen LogP contribution in [0.2, 0.25) is 0 Å². The molecule has 0 saturated carbocycles. The Hall–Kier alpha value is -2.30. The minimum atomic E-state index is -0.130. The van der Waals surface area contributed by atoms with Gasteiger partial charge in [-0.25, -0.2) is 4.98 Å². The summed E-state index contributed by atoms with van der Waals surface area (Å²) < 4.78 is 2.08. The molecule has 100 valence electrons. The predicted octanol–water partition coefficient (Wildman–Crippen LogP) is 1.43. The molecule has 2 heterocycles. The number of aryl methyl sites for hydroxylation is 1. The van der Waals surface area contributed by atoms with E-state index >= 15 is 0 Å². The van der Waals surface area contributed by atoms with Crippen LogP contribution in [0.3, 0.4) is 0 Å². The molecule has 0 aliphatic heterocycles. The first-order valence-corrected chi connectivity index (χ1v) is 6.23. The Kier molecular flexibility index (Phi) is 4.18. The zero-order valence-corrected chi connectivity index (χ0v) is 11.2. The van der Waals surface area contributed by atoms with Crippen molar-refractivity contribution < 1.29 is 4.79 Å². The molecule has 0 radical (unpaired) electrons. The number of rotatable bonds is 5. The van der Waals surface area contributed by atoms with Crippen molar-refractivity contribution in [3.63, 3.8) is 0 Å². The number of aromatic nitrogens is 2. The van der Waals surface area contributed by atoms with Crippen LogP contribution in [0.25, 0.3) is 0 Å². The fraction of sp³-hybridized carbons (Fsp3) is 0.286. The van der Waals surface area contributed by atoms with E-state index in [1.165, 1.54) is 5.69 Å². The summed E-state index contributed by atoms with van der Waals surface area (Å²) in [5, 5.41) is 5.82. The zero-order valence-electron chi connectivity index (χ0n) is 11.2. The normalized spacial score (nSPS) is 10.2. The van der Waals surface area contributed by atoms with Gasteiger partial charge in [-0.3, -0.25) is 4.79 Å². The standard InChI is InChI=1S/C14H18N4O/c1-15-14(19)12-6-3-8-16-13(12)17-9-7-11-5-4-10-18(11)2/h3-6,8,10H,7,9H2,1-2H3,(H,15,19)(H,16,17). The number of hydrogen-bond donors (Lipinski definition) is 2. The second-order valence-corrected chi connectivity index (χ2v) is 4.27. The monoisotopic (exact) mass is 258 g/mol. The van der Waals surface area contributed by atoms with Gasteiger partial charge in [-0.2, -0.15) is 0 Å². The van der Waals surface area contributed by atoms with Gasteiger partial charge in [0, 0.05) is 45.1 Å². The number of carbonyl (C=O) groups excluding carboxylic acids is 1. The van der Waals surface area contributed by atoms with Gasteiger partial charge >= 0.3 is 0 Å². The molecule has 0 atom stereocenters. The molecular formula is C14H18N4O. The summed E-state index contributed by atoms with van der Waals surface area (Å²) in [7, 11) is 3.63. The van der Waals surface area contributed by atoms with E-state index in [-0.39, 0.29) is 5.91 Å². The second-order valence-electron chi connectivity index (χ2n) is 4.27. The largest absolute Gasteiger partial charge is 0.369 e. The summed E-state index contributed by atoms with van der Waals surface area (Å²) in [5.41, 5.74) is 1.81. The third-order valence-corrected chi connectivity index (χ3v) is 3.00. The summed E-state index contributed by atoms with van der Waals surface area (Å²) >= 11 is 0. The van der Waals surface area contributed by atoms with Crippen molar-refractivity contribution >= 4 is 11.7 Å². The molecule has 0 spiro atoms. The second kappa shape index (κ2) is 6.04. The SMILES string of the molecule is CNC(=O)c1cccnc1NCCc1cccn1C. The smallest absolute Gasteiger partial charge is 0.254 e. The van der Waals surface area contributed by atoms with Crippen molar-refractivity contribution in [3.8, 4) is 0 Å². The summed E-state index contributed by atoms with van der Waals surface area (Å²) in [6, 6.07) is 7.62. The highest BCUT2D eigenvalue weighted by atomic mass is 16.1. The molecule has 0 bridgehead atoms. The van der Waals surface area contributed by atoms with Crippen LogP contribution >= 0.6 is 0 Å². The number of pyridine rings is 1. The van der Waals surface area contributed by atoms with Crippen molar-refractivity contribution in [3.05, 3.63) is 47.9 Å². The van der Waals surface area contributed by atoms with Crippen LogP contribution in [0.15, 0.2) is 36.7 Å². The highest BCUT2D eigenvalue weighted by Crippen LogP contribution is 2.11. The van der Waals surface area contributed by atoms with E-state index in [0.717, 1.165) is 13.0 Å². The van der Waals surface area contributed by atoms with Crippen molar-refractivity contribution in [2.24, 2.45) is 7.05 Å². The van der Waals surface area contributed by atoms with Gasteiger partial charge in [0.1, 0.15) is 5.82 Å². The molecular weight excluding hydrogens is 240 g/mol. The van der Waals surface area contributed by atoms with Gasteiger partial charge in [-0.05, 0) is 24.3 Å². The summed E-state index contributed by atoms with van der Waals surface area (Å²) in [6.45, 7) is 0.735. The average molecular weight is 258 g/mol. The first-order chi connectivity index (χ1) is 9.22. The molecule has 0 aliphatic rings. The lowest BCUT2D eigenvalue weighted by atomic mass is 10.2. The lowest BCUT2D eigenvalue weighted by Gasteiger charge is -2.10. The Morgan fingerprint density at radius 1 is 1.37 bits per heavy atom. The van der Waals surface area contributed by atoms with Crippen molar-refractivity contribution in [2.75, 3.05) is 18.9 Å². The maximum atomic E-state index is 11.7. The minimum absolute atomic E-state index is 0.130. The molecule has 2 N–H and O–H groups in total. The van der Waals surface area contributed by atoms with E-state index in [9.17, 15) is 4.79 Å². The number of anilines is 1. The molecule has 2 aromatic rings. The third-order valence-electron chi connectivity index (χ3n) is 3.00. The molecule has 1 amide bonds. The Bertz CT molecular complexity index is 562. The molecule has 5 heteroatoms. The van der Waals surface area contributed by atoms with Crippen LogP contribution < -0.4 is 10.6 Å². The lowest BCUT2D eigenvalue weighted by molar-refractivity contribution is 0.0963. The van der Waals surface area contributed by atoms with E-state index in [2.05, 4.69) is 26.3 Å². The Morgan fingerprint density at radius 3 is 2.89 bits per heavy atom. The number of nitrogens with one attached hydrogen (secondary N) is 2. The number of carbonyl (C=O) groups is 1. The van der Waals surface area contributed by atoms with E-state index in [1.54, 1.807) is 25.4 Å². The van der Waals surface area contributed by atoms with Gasteiger partial charge in [0.2, 0.25) is 0 Å². The van der Waals surface area contributed by atoms with Gasteiger partial charge in [0.25, 0.3) is 5.91 Å². The number of amides is 1. The molecule has 0 aromatic carbocycles. The van der Waals surface area contributed by atoms with Gasteiger partial charge in [-0.15, -0.1) is 0 Å². The maximum Gasteiger partial charge on any atom is 0.254 e. The van der Waals surface area contributed by atoms with Crippen LogP contribution in [0.4, 0.5) is 5.82 Å². The summed E-state index contributed by atoms with van der Waals surface area (Å²) in [5.74, 6) is 0.491. The fourth-order valence-electron chi connectivity index (χ4n) is 1.93. The highest BCUT2D eigenvalue weighted by molar-refractivity contribution is 5.98. The van der Waals surface area contributed by atoms with Gasteiger partial charge < -0.3 is 15.2 Å². The van der Waals surface area contributed by atoms with Crippen LogP contribution in [-0.2, 0) is 13.5 Å². The van der Waals surface area contributed by atoms with Crippen LogP contribution in [0.1, 0.15) is 16.1 Å². The van der Waals surface area contributed by atoms with Crippen LogP contribution in [-0.4, -0.2) is 29.1 Å². The topological polar surface area (TPSA) is 59.0 Å². The van der Waals surface area contributed by atoms with E-state index < -0.39 is 0 Å².